The second-order valence-corrected chi connectivity index (χ2v) is 34.6. The van der Waals surface area contributed by atoms with Crippen LogP contribution in [0.25, 0.3) is 0 Å². The number of nitrogens with two attached hydrogens (primary N) is 5. The lowest BCUT2D eigenvalue weighted by Crippen LogP contribution is -2.64. The molecule has 736 valence electrons. The molecule has 4 aromatic rings. The number of nitrogens with zero attached hydrogens (tertiary/aromatic N) is 5. The topological polar surface area (TPSA) is 774 Å². The highest BCUT2D eigenvalue weighted by Gasteiger charge is 2.44. The molecular weight excluding hydrogens is 1810 g/mol. The Hall–Kier alpha value is -14.1. The third-order valence-electron chi connectivity index (χ3n) is 21.3. The maximum absolute atomic E-state index is 15.0. The quantitative estimate of drug-likeness (QED) is 0.00488. The zero-order valence-electron chi connectivity index (χ0n) is 74.8. The average molecular weight is 1930 g/mol. The number of amides is 18. The lowest BCUT2D eigenvalue weighted by Gasteiger charge is -2.33. The zero-order chi connectivity index (χ0) is 100. The maximum atomic E-state index is 15.0. The van der Waals surface area contributed by atoms with E-state index in [1.165, 1.54) is 26.4 Å². The van der Waals surface area contributed by atoms with E-state index in [-0.39, 0.29) is 107 Å². The normalized spacial score (nSPS) is 16.1. The Labute approximate surface area is 785 Å². The summed E-state index contributed by atoms with van der Waals surface area (Å²) in [5.74, 6) is -20.5. The fraction of sp³-hybridized carbons (Fsp3) is 0.512. The number of hydrogen-bond acceptors (Lipinski definition) is 28. The smallest absolute Gasteiger partial charge is 0.326 e. The molecule has 1 aromatic heterocycles. The molecule has 2 fully saturated rings. The number of thiol groups is 2. The van der Waals surface area contributed by atoms with Gasteiger partial charge in [0.25, 0.3) is 5.69 Å². The summed E-state index contributed by atoms with van der Waals surface area (Å²) in [6.45, 7) is 3.93. The number of aliphatic imine (C=N–C) groups is 1. The number of primary amides is 2. The number of aromatic hydroxyl groups is 1. The molecule has 2 saturated heterocycles. The summed E-state index contributed by atoms with van der Waals surface area (Å²) in [7, 11) is 0. The Morgan fingerprint density at radius 2 is 1.09 bits per heavy atom. The van der Waals surface area contributed by atoms with Crippen molar-refractivity contribution in [2.45, 2.75) is 214 Å². The van der Waals surface area contributed by atoms with Crippen LogP contribution in [0.4, 0.5) is 5.69 Å². The largest absolute Gasteiger partial charge is 0.508 e. The van der Waals surface area contributed by atoms with Crippen LogP contribution in [0.15, 0.2) is 96.4 Å². The van der Waals surface area contributed by atoms with Gasteiger partial charge < -0.3 is 133 Å². The lowest BCUT2D eigenvalue weighted by molar-refractivity contribution is -0.385. The molecule has 2 aliphatic rings. The number of H-pyrrole nitrogens is 1. The number of carboxylic acid groups (broad SMARTS) is 1. The van der Waals surface area contributed by atoms with Gasteiger partial charge in [-0.15, -0.1) is 0 Å². The average Bonchev–Trinajstić information content (AvgIpc) is 1.78. The molecular formula is C84H119N25O24S2. The van der Waals surface area contributed by atoms with Crippen molar-refractivity contribution < 1.29 is 111 Å². The summed E-state index contributed by atoms with van der Waals surface area (Å²) in [6, 6.07) is -0.467. The number of carbonyl (C=O) groups excluding carboxylic acids is 18. The van der Waals surface area contributed by atoms with Crippen molar-refractivity contribution in [3.63, 3.8) is 0 Å². The number of phenols is 1. The van der Waals surface area contributed by atoms with Crippen LogP contribution in [0.1, 0.15) is 121 Å². The summed E-state index contributed by atoms with van der Waals surface area (Å²) < 4.78 is -1.49. The van der Waals surface area contributed by atoms with Crippen LogP contribution in [-0.4, -0.2) is 299 Å². The lowest BCUT2D eigenvalue weighted by atomic mass is 9.99. The first-order chi connectivity index (χ1) is 63.7. The van der Waals surface area contributed by atoms with E-state index in [1.54, 1.807) is 74.5 Å². The van der Waals surface area contributed by atoms with Gasteiger partial charge in [0, 0.05) is 79.7 Å². The molecule has 135 heavy (non-hydrogen) atoms. The van der Waals surface area contributed by atoms with E-state index in [9.17, 15) is 117 Å². The summed E-state index contributed by atoms with van der Waals surface area (Å²) >= 11 is 8.79. The number of aliphatic hydroxyl groups is 1. The van der Waals surface area contributed by atoms with Crippen molar-refractivity contribution in [2.75, 3.05) is 51.6 Å². The fourth-order valence-corrected chi connectivity index (χ4v) is 14.8. The SMILES string of the molecule is CC(C)C[C@H](NC(=O)CNC(=O)CNC(=O)[C@H](Cc1ccccc1)NC(=O)[C@H](Cc1cnc[nH]1)NC(=O)CNC(=O)[C@@H](NC(=O)[C@@H](NC(=O)[C@H](Cc1ccccc1)NC(=O)[C@H](CCCN=C(N)N)NC(=O)[C@@H](N)CCC(N)=O)C(C)(C)S)[C@@H](C)O)C(=O)N[C@@H](Cc1ccc(O)cc1[N+](=O)[O-])C(=O)N1CCC[C@H]1C(=O)N[C@@H](CS)C(=O)N[C@@H](CC(N)=O)C(=O)NCC(=O)N1CCC[C@H]1C(=O)O. The number of carboxylic acids is 1. The first-order valence-corrected chi connectivity index (χ1v) is 44.2. The van der Waals surface area contributed by atoms with E-state index in [2.05, 4.69) is 115 Å². The molecule has 0 aliphatic carbocycles. The van der Waals surface area contributed by atoms with Crippen LogP contribution in [-0.2, 0) is 117 Å². The van der Waals surface area contributed by atoms with Gasteiger partial charge >= 0.3 is 5.97 Å². The number of aliphatic hydroxyl groups excluding tert-OH is 1. The molecule has 6 rings (SSSR count). The minimum absolute atomic E-state index is 0.0217. The number of imidazole rings is 1. The number of guanidine groups is 1. The predicted octanol–water partition coefficient (Wildman–Crippen LogP) is -7.74. The van der Waals surface area contributed by atoms with Crippen LogP contribution < -0.4 is 103 Å². The minimum Gasteiger partial charge on any atom is -0.508 e. The second-order valence-electron chi connectivity index (χ2n) is 33.1. The highest BCUT2D eigenvalue weighted by atomic mass is 32.1. The Balaban J connectivity index is 1.11. The van der Waals surface area contributed by atoms with Gasteiger partial charge in [-0.1, -0.05) is 74.5 Å². The van der Waals surface area contributed by atoms with E-state index in [0.29, 0.717) is 17.5 Å². The molecule has 51 heteroatoms. The van der Waals surface area contributed by atoms with Crippen LogP contribution in [0.2, 0.25) is 0 Å². The second kappa shape index (κ2) is 53.6. The molecule has 0 radical (unpaired) electrons. The van der Waals surface area contributed by atoms with E-state index in [4.69, 9.17) is 28.7 Å². The number of phenolic OH excluding ortho intramolecular Hbond substituents is 1. The van der Waals surface area contributed by atoms with Crippen molar-refractivity contribution in [2.24, 2.45) is 39.6 Å². The number of nitro groups is 1. The number of benzene rings is 3. The number of nitro benzene ring substituents is 1. The van der Waals surface area contributed by atoms with E-state index in [1.807, 2.05) is 0 Å². The van der Waals surface area contributed by atoms with Gasteiger partial charge in [-0.25, -0.2) is 9.78 Å². The number of rotatable bonds is 54. The van der Waals surface area contributed by atoms with Crippen molar-refractivity contribution in [3.8, 4) is 5.75 Å². The molecule has 0 saturated carbocycles. The molecule has 0 spiro atoms. The third kappa shape index (κ3) is 36.4. The molecule has 0 unspecified atom stereocenters. The van der Waals surface area contributed by atoms with Gasteiger partial charge in [-0.3, -0.25) is 101 Å². The van der Waals surface area contributed by atoms with Gasteiger partial charge in [0.1, 0.15) is 78.3 Å². The Kier molecular flexibility index (Phi) is 43.5. The van der Waals surface area contributed by atoms with Crippen LogP contribution in [0.3, 0.4) is 0 Å². The van der Waals surface area contributed by atoms with Gasteiger partial charge in [0.2, 0.25) is 106 Å². The Morgan fingerprint density at radius 1 is 0.570 bits per heavy atom. The molecule has 3 heterocycles. The standard InChI is InChI=1S/C84H119N25O24S2/c1-43(2)29-52(74(122)103-57(32-47-22-23-49(111)34-61(47)109(132)133)81(129)108-28-13-20-59(108)78(126)104-58(41-134)77(125)102-56(35-63(87)113)72(120)95-40-67(117)107-27-14-21-60(107)82(130)131)97-65(115)38-92-64(114)37-93-71(119)53(30-45-15-8-6-9-16-45)100-75(123)55(33-48-36-90-42-96-48)98-66(116)39-94-79(127)68(44(3)110)105-80(128)69(84(4,5)135)106-76(124)54(31-46-17-10-7-11-18-46)101-73(121)51(19-12-26-91-83(88)89)99-70(118)50(85)24-25-62(86)112/h6-11,15-18,22-23,34,36,42-44,50-60,68-69,110-111,134-135H,12-14,19-21,24-33,35,37-41,85H2,1-5H3,(H2,86,112)(H2,87,113)(H,90,96)(H,92,114)(H,93,119)(H,94,127)(H,95,120)(H,97,115)(H,98,116)(H,99,118)(H,100,123)(H,101,121)(H,102,125)(H,103,122)(H,104,126)(H,105,128)(H,106,124)(H,130,131)(H4,88,89,91)/t44-,50+,51+,52+,53+,54+,55+,56+,57+,58+,59+,60+,68+,69-/m1/s1. The number of aliphatic carboxylic acids is 1. The molecule has 14 atom stereocenters. The van der Waals surface area contributed by atoms with Crippen LogP contribution >= 0.6 is 25.3 Å². The monoisotopic (exact) mass is 1930 g/mol. The Morgan fingerprint density at radius 3 is 1.65 bits per heavy atom. The third-order valence-corrected chi connectivity index (χ3v) is 21.9. The number of nitrogens with one attached hydrogen (secondary N) is 15. The van der Waals surface area contributed by atoms with E-state index in [0.717, 1.165) is 34.9 Å². The summed E-state index contributed by atoms with van der Waals surface area (Å²) in [5, 5.41) is 77.5. The molecule has 0 bridgehead atoms. The van der Waals surface area contributed by atoms with E-state index < -0.39 is 269 Å². The van der Waals surface area contributed by atoms with Crippen LogP contribution in [0, 0.1) is 16.0 Å². The maximum Gasteiger partial charge on any atom is 0.326 e. The molecule has 28 N–H and O–H groups in total. The molecule has 3 aromatic carbocycles. The van der Waals surface area contributed by atoms with Gasteiger partial charge in [-0.05, 0) is 101 Å². The number of hydrogen-bond donors (Lipinski definition) is 25. The summed E-state index contributed by atoms with van der Waals surface area (Å²) in [5.41, 5.74) is 28.0. The molecule has 49 nitrogen and oxygen atoms in total. The fourth-order valence-electron chi connectivity index (χ4n) is 14.4. The van der Waals surface area contributed by atoms with Crippen molar-refractivity contribution in [1.29, 1.82) is 0 Å². The molecule has 18 amide bonds. The number of aromatic amines is 1. The van der Waals surface area contributed by atoms with Gasteiger partial charge in [0.15, 0.2) is 5.96 Å². The van der Waals surface area contributed by atoms with Gasteiger partial charge in [-0.2, -0.15) is 25.3 Å². The van der Waals surface area contributed by atoms with Crippen LogP contribution in [0.5, 0.6) is 5.75 Å². The van der Waals surface area contributed by atoms with Crippen molar-refractivity contribution in [3.05, 3.63) is 124 Å². The zero-order valence-corrected chi connectivity index (χ0v) is 76.6. The number of aromatic nitrogens is 2. The van der Waals surface area contributed by atoms with Crippen molar-refractivity contribution in [1.82, 2.24) is 94.2 Å². The highest BCUT2D eigenvalue weighted by molar-refractivity contribution is 7.81. The number of carbonyl (C=O) groups is 19. The summed E-state index contributed by atoms with van der Waals surface area (Å²) in [4.78, 5) is 284. The van der Waals surface area contributed by atoms with Crippen molar-refractivity contribution >= 4 is 149 Å². The van der Waals surface area contributed by atoms with E-state index >= 15 is 0 Å². The first kappa shape index (κ1) is 110. The minimum atomic E-state index is -1.86. The highest BCUT2D eigenvalue weighted by Crippen LogP contribution is 2.28. The Bertz CT molecular complexity index is 4910. The van der Waals surface area contributed by atoms with Gasteiger partial charge in [0.05, 0.1) is 62.1 Å². The predicted molar refractivity (Wildman–Crippen MR) is 488 cm³/mol. The summed E-state index contributed by atoms with van der Waals surface area (Å²) in [6.07, 6.45) is -1.21. The molecule has 2 aliphatic heterocycles. The number of likely N-dealkylation sites (tertiary alicyclic amines) is 2. The first-order valence-electron chi connectivity index (χ1n) is 43.1.